The molecule has 9 heteroatoms. The lowest BCUT2D eigenvalue weighted by Crippen LogP contribution is -2.34. The number of rotatable bonds is 6. The first-order chi connectivity index (χ1) is 13.2. The topological polar surface area (TPSA) is 50.4 Å². The number of halogens is 4. The second-order valence-corrected chi connectivity index (χ2v) is 6.65. The zero-order chi connectivity index (χ0) is 20.7. The summed E-state index contributed by atoms with van der Waals surface area (Å²) in [6.45, 7) is 2.60. The summed E-state index contributed by atoms with van der Waals surface area (Å²) in [4.78, 5) is 12.3. The number of ether oxygens (including phenoxy) is 1. The lowest BCUT2D eigenvalue weighted by atomic mass is 10.2. The van der Waals surface area contributed by atoms with Crippen molar-refractivity contribution in [2.75, 3.05) is 11.9 Å². The monoisotopic (exact) mass is 430 g/mol. The molecule has 0 aromatic heterocycles. The zero-order valence-electron chi connectivity index (χ0n) is 14.9. The smallest absolute Gasteiger partial charge is 0.416 e. The lowest BCUT2D eigenvalue weighted by Gasteiger charge is -2.13. The predicted octanol–water partition coefficient (Wildman–Crippen LogP) is 5.66. The van der Waals surface area contributed by atoms with E-state index in [0.717, 1.165) is 31.0 Å². The van der Waals surface area contributed by atoms with Crippen molar-refractivity contribution in [2.45, 2.75) is 25.9 Å². The largest absolute Gasteiger partial charge is 0.494 e. The Bertz CT molecular complexity index is 859. The van der Waals surface area contributed by atoms with Crippen LogP contribution in [-0.4, -0.2) is 17.6 Å². The summed E-state index contributed by atoms with van der Waals surface area (Å²) in [5, 5.41) is 4.81. The van der Waals surface area contributed by atoms with Gasteiger partial charge in [-0.1, -0.05) is 31.0 Å². The van der Waals surface area contributed by atoms with Gasteiger partial charge in [0.25, 0.3) is 5.91 Å². The van der Waals surface area contributed by atoms with E-state index in [-0.39, 0.29) is 15.8 Å². The van der Waals surface area contributed by atoms with Crippen LogP contribution in [0.15, 0.2) is 42.5 Å². The van der Waals surface area contributed by atoms with Crippen molar-refractivity contribution in [3.05, 3.63) is 58.6 Å². The molecule has 150 valence electrons. The fraction of sp³-hybridized carbons (Fsp3) is 0.263. The maximum atomic E-state index is 12.7. The van der Waals surface area contributed by atoms with Crippen LogP contribution >= 0.6 is 23.8 Å². The van der Waals surface area contributed by atoms with Gasteiger partial charge in [-0.15, -0.1) is 0 Å². The van der Waals surface area contributed by atoms with E-state index in [4.69, 9.17) is 28.6 Å². The second-order valence-electron chi connectivity index (χ2n) is 5.83. The molecule has 0 atom stereocenters. The number of carbonyl (C=O) groups excluding carboxylic acids is 1. The molecule has 0 bridgehead atoms. The first kappa shape index (κ1) is 22.0. The molecule has 28 heavy (non-hydrogen) atoms. The Morgan fingerprint density at radius 3 is 2.61 bits per heavy atom. The molecule has 0 radical (unpaired) electrons. The third-order valence-electron chi connectivity index (χ3n) is 3.63. The van der Waals surface area contributed by atoms with E-state index < -0.39 is 17.6 Å². The molecule has 0 unspecified atom stereocenters. The van der Waals surface area contributed by atoms with E-state index in [9.17, 15) is 18.0 Å². The summed E-state index contributed by atoms with van der Waals surface area (Å²) in [6, 6.07) is 9.39. The molecule has 0 saturated carbocycles. The van der Waals surface area contributed by atoms with E-state index in [1.54, 1.807) is 24.3 Å². The van der Waals surface area contributed by atoms with Gasteiger partial charge < -0.3 is 10.1 Å². The SMILES string of the molecule is CCCCOc1cccc(C(=O)NC(=S)Nc2ccc(C(F)(F)F)cc2Cl)c1. The fourth-order valence-corrected chi connectivity index (χ4v) is 2.61. The van der Waals surface area contributed by atoms with Crippen LogP contribution in [-0.2, 0) is 6.18 Å². The molecule has 2 aromatic rings. The normalized spacial score (nSPS) is 11.0. The Morgan fingerprint density at radius 2 is 1.96 bits per heavy atom. The Balaban J connectivity index is 1.99. The number of nitrogens with one attached hydrogen (secondary N) is 2. The first-order valence-electron chi connectivity index (χ1n) is 8.42. The van der Waals surface area contributed by atoms with Crippen molar-refractivity contribution in [1.29, 1.82) is 0 Å². The number of anilines is 1. The van der Waals surface area contributed by atoms with E-state index in [0.29, 0.717) is 17.9 Å². The second kappa shape index (κ2) is 9.75. The highest BCUT2D eigenvalue weighted by atomic mass is 35.5. The van der Waals surface area contributed by atoms with E-state index >= 15 is 0 Å². The van der Waals surface area contributed by atoms with Crippen LogP contribution in [0.5, 0.6) is 5.75 Å². The zero-order valence-corrected chi connectivity index (χ0v) is 16.5. The summed E-state index contributed by atoms with van der Waals surface area (Å²) in [5.74, 6) is 0.0761. The highest BCUT2D eigenvalue weighted by Gasteiger charge is 2.30. The van der Waals surface area contributed by atoms with Gasteiger partial charge in [0.2, 0.25) is 0 Å². The molecule has 4 nitrogen and oxygen atoms in total. The minimum atomic E-state index is -4.50. The molecule has 2 N–H and O–H groups in total. The molecule has 0 aliphatic carbocycles. The fourth-order valence-electron chi connectivity index (χ4n) is 2.18. The van der Waals surface area contributed by atoms with Gasteiger partial charge in [-0.25, -0.2) is 0 Å². The molecule has 2 rings (SSSR count). The number of thiocarbonyl (C=S) groups is 1. The van der Waals surface area contributed by atoms with Crippen molar-refractivity contribution in [3.63, 3.8) is 0 Å². The Hall–Kier alpha value is -2.32. The maximum Gasteiger partial charge on any atom is 0.416 e. The quantitative estimate of drug-likeness (QED) is 0.458. The van der Waals surface area contributed by atoms with Crippen molar-refractivity contribution in [2.24, 2.45) is 0 Å². The molecule has 2 aromatic carbocycles. The van der Waals surface area contributed by atoms with Crippen LogP contribution in [0.4, 0.5) is 18.9 Å². The molecule has 1 amide bonds. The summed E-state index contributed by atoms with van der Waals surface area (Å²) < 4.78 is 43.6. The molecule has 0 heterocycles. The third-order valence-corrected chi connectivity index (χ3v) is 4.15. The van der Waals surface area contributed by atoms with Crippen LogP contribution in [0.1, 0.15) is 35.7 Å². The van der Waals surface area contributed by atoms with E-state index in [2.05, 4.69) is 10.6 Å². The molecule has 0 fully saturated rings. The van der Waals surface area contributed by atoms with Gasteiger partial charge >= 0.3 is 6.18 Å². The number of amides is 1. The molecular weight excluding hydrogens is 413 g/mol. The van der Waals surface area contributed by atoms with Crippen LogP contribution in [0.2, 0.25) is 5.02 Å². The minimum absolute atomic E-state index is 0.0936. The number of hydrogen-bond donors (Lipinski definition) is 2. The molecular formula is C19H18ClF3N2O2S. The van der Waals surface area contributed by atoms with Gasteiger partial charge in [-0.05, 0) is 55.0 Å². The van der Waals surface area contributed by atoms with Gasteiger partial charge in [0, 0.05) is 5.56 Å². The molecule has 0 spiro atoms. The maximum absolute atomic E-state index is 12.7. The van der Waals surface area contributed by atoms with E-state index in [1.807, 2.05) is 6.92 Å². The van der Waals surface area contributed by atoms with Gasteiger partial charge in [0.15, 0.2) is 5.11 Å². The summed E-state index contributed by atoms with van der Waals surface area (Å²) in [6.07, 6.45) is -2.61. The number of carbonyl (C=O) groups is 1. The number of unbranched alkanes of at least 4 members (excludes halogenated alkanes) is 1. The van der Waals surface area contributed by atoms with Crippen LogP contribution in [0.3, 0.4) is 0 Å². The van der Waals surface area contributed by atoms with Crippen molar-refractivity contribution < 1.29 is 22.7 Å². The third kappa shape index (κ3) is 6.38. The highest BCUT2D eigenvalue weighted by Crippen LogP contribution is 2.33. The Morgan fingerprint density at radius 1 is 1.21 bits per heavy atom. The van der Waals surface area contributed by atoms with Crippen LogP contribution in [0.25, 0.3) is 0 Å². The van der Waals surface area contributed by atoms with Gasteiger partial charge in [-0.2, -0.15) is 13.2 Å². The standard InChI is InChI=1S/C19H18ClF3N2O2S/c1-2-3-9-27-14-6-4-5-12(10-14)17(26)25-18(28)24-16-8-7-13(11-15(16)20)19(21,22)23/h4-8,10-11H,2-3,9H2,1H3,(H2,24,25,26,28). The van der Waals surface area contributed by atoms with E-state index in [1.165, 1.54) is 0 Å². The van der Waals surface area contributed by atoms with Gasteiger partial charge in [0.1, 0.15) is 5.75 Å². The average molecular weight is 431 g/mol. The molecule has 0 saturated heterocycles. The number of hydrogen-bond acceptors (Lipinski definition) is 3. The predicted molar refractivity (Wildman–Crippen MR) is 107 cm³/mol. The minimum Gasteiger partial charge on any atom is -0.494 e. The summed E-state index contributed by atoms with van der Waals surface area (Å²) in [5.41, 5.74) is -0.397. The number of benzene rings is 2. The highest BCUT2D eigenvalue weighted by molar-refractivity contribution is 7.80. The summed E-state index contributed by atoms with van der Waals surface area (Å²) >= 11 is 10.9. The molecule has 0 aliphatic rings. The van der Waals surface area contributed by atoms with Crippen LogP contribution < -0.4 is 15.4 Å². The van der Waals surface area contributed by atoms with Crippen molar-refractivity contribution in [1.82, 2.24) is 5.32 Å². The number of alkyl halides is 3. The Kier molecular flexibility index (Phi) is 7.65. The van der Waals surface area contributed by atoms with Crippen LogP contribution in [0, 0.1) is 0 Å². The lowest BCUT2D eigenvalue weighted by molar-refractivity contribution is -0.137. The average Bonchev–Trinajstić information content (AvgIpc) is 2.63. The van der Waals surface area contributed by atoms with Gasteiger partial charge in [-0.3, -0.25) is 10.1 Å². The molecule has 0 aliphatic heterocycles. The Labute approximate surface area is 171 Å². The first-order valence-corrected chi connectivity index (χ1v) is 9.21. The van der Waals surface area contributed by atoms with Crippen molar-refractivity contribution >= 4 is 40.5 Å². The summed E-state index contributed by atoms with van der Waals surface area (Å²) in [7, 11) is 0. The van der Waals surface area contributed by atoms with Gasteiger partial charge in [0.05, 0.1) is 22.9 Å². The van der Waals surface area contributed by atoms with Crippen molar-refractivity contribution in [3.8, 4) is 5.75 Å².